The minimum atomic E-state index is -0.833. The first-order valence-corrected chi connectivity index (χ1v) is 1.37. The van der Waals surface area contributed by atoms with Gasteiger partial charge in [-0.1, -0.05) is 0 Å². The van der Waals surface area contributed by atoms with Crippen molar-refractivity contribution in [3.05, 3.63) is 0 Å². The van der Waals surface area contributed by atoms with Gasteiger partial charge in [0.15, 0.2) is 0 Å². The van der Waals surface area contributed by atoms with Gasteiger partial charge in [0, 0.05) is 31.1 Å². The quantitative estimate of drug-likeness (QED) is 0.463. The Labute approximate surface area is 52.8 Å². The van der Waals surface area contributed by atoms with E-state index in [1.54, 1.807) is 0 Å². The number of aliphatic hydroxyl groups excluding tert-OH is 1. The van der Waals surface area contributed by atoms with Crippen LogP contribution in [0, 0.1) is 0 Å². The monoisotopic (exact) mass is 148 g/mol. The molecular weight excluding hydrogens is 140 g/mol. The van der Waals surface area contributed by atoms with Crippen molar-refractivity contribution < 1.29 is 32.1 Å². The van der Waals surface area contributed by atoms with E-state index in [0.29, 0.717) is 0 Å². The van der Waals surface area contributed by atoms with Crippen molar-refractivity contribution in [3.8, 4) is 0 Å². The second-order valence-corrected chi connectivity index (χ2v) is 0.519. The molecule has 0 aliphatic carbocycles. The van der Waals surface area contributed by atoms with Crippen LogP contribution in [0.25, 0.3) is 0 Å². The number of aliphatic carboxylic acids is 1. The van der Waals surface area contributed by atoms with Crippen LogP contribution in [0.3, 0.4) is 0 Å². The molecule has 7 heavy (non-hydrogen) atoms. The summed E-state index contributed by atoms with van der Waals surface area (Å²) in [6.45, 7) is 1.08. The second-order valence-electron chi connectivity index (χ2n) is 0.519. The molecule has 0 aromatic carbocycles. The van der Waals surface area contributed by atoms with E-state index < -0.39 is 5.97 Å². The molecule has 0 aliphatic heterocycles. The molecule has 0 atom stereocenters. The van der Waals surface area contributed by atoms with Crippen LogP contribution >= 0.6 is 0 Å². The molecule has 0 rings (SSSR count). The number of carbonyl (C=O) groups is 1. The standard InChI is InChI=1S/C2H4O2.CH4O.Fe/c1-2(3)4;1-2;/h1H3,(H,3,4);2H,1H3;. The molecule has 4 heteroatoms. The van der Waals surface area contributed by atoms with E-state index in [1.165, 1.54) is 0 Å². The third-order valence-electron chi connectivity index (χ3n) is 0. The molecule has 0 radical (unpaired) electrons. The second kappa shape index (κ2) is 16.8. The van der Waals surface area contributed by atoms with Crippen LogP contribution in [0.4, 0.5) is 0 Å². The molecule has 0 aliphatic rings. The number of hydrogen-bond donors (Lipinski definition) is 2. The number of rotatable bonds is 0. The van der Waals surface area contributed by atoms with Gasteiger partial charge in [0.2, 0.25) is 0 Å². The Morgan fingerprint density at radius 2 is 1.43 bits per heavy atom. The minimum absolute atomic E-state index is 0. The van der Waals surface area contributed by atoms with Gasteiger partial charge in [0.05, 0.1) is 0 Å². The molecule has 0 aromatic heterocycles. The Morgan fingerprint density at radius 1 is 1.43 bits per heavy atom. The predicted molar refractivity (Wildman–Crippen MR) is 21.5 cm³/mol. The summed E-state index contributed by atoms with van der Waals surface area (Å²) in [4.78, 5) is 9.00. The zero-order valence-corrected chi connectivity index (χ0v) is 5.26. The molecule has 0 bridgehead atoms. The number of carboxylic acid groups (broad SMARTS) is 1. The first-order valence-electron chi connectivity index (χ1n) is 1.37. The van der Waals surface area contributed by atoms with Gasteiger partial charge < -0.3 is 10.2 Å². The zero-order valence-electron chi connectivity index (χ0n) is 4.16. The van der Waals surface area contributed by atoms with Crippen molar-refractivity contribution >= 4 is 5.97 Å². The van der Waals surface area contributed by atoms with Crippen LogP contribution in [-0.4, -0.2) is 23.3 Å². The smallest absolute Gasteiger partial charge is 0.300 e. The van der Waals surface area contributed by atoms with E-state index in [4.69, 9.17) is 15.0 Å². The molecule has 0 saturated carbocycles. The van der Waals surface area contributed by atoms with E-state index in [9.17, 15) is 0 Å². The van der Waals surface area contributed by atoms with Crippen LogP contribution in [-0.2, 0) is 21.9 Å². The van der Waals surface area contributed by atoms with Gasteiger partial charge in [-0.15, -0.1) is 0 Å². The van der Waals surface area contributed by atoms with E-state index >= 15 is 0 Å². The van der Waals surface area contributed by atoms with Gasteiger partial charge in [0.1, 0.15) is 0 Å². The van der Waals surface area contributed by atoms with Crippen LogP contribution in [0.2, 0.25) is 0 Å². The van der Waals surface area contributed by atoms with Gasteiger partial charge in [0.25, 0.3) is 5.97 Å². The first-order chi connectivity index (χ1) is 2.73. The molecule has 0 unspecified atom stereocenters. The van der Waals surface area contributed by atoms with Crippen LogP contribution in [0.5, 0.6) is 0 Å². The summed E-state index contributed by atoms with van der Waals surface area (Å²) in [5.74, 6) is -0.833. The largest absolute Gasteiger partial charge is 0.481 e. The van der Waals surface area contributed by atoms with Crippen molar-refractivity contribution in [1.29, 1.82) is 0 Å². The molecule has 2 N–H and O–H groups in total. The van der Waals surface area contributed by atoms with E-state index in [0.717, 1.165) is 14.0 Å². The molecule has 0 fully saturated rings. The normalized spacial score (nSPS) is 4.43. The van der Waals surface area contributed by atoms with E-state index in [1.807, 2.05) is 0 Å². The maximum absolute atomic E-state index is 9.00. The van der Waals surface area contributed by atoms with Gasteiger partial charge in [-0.25, -0.2) is 0 Å². The van der Waals surface area contributed by atoms with Crippen molar-refractivity contribution in [2.24, 2.45) is 0 Å². The Balaban J connectivity index is -0.0000000480. The molecule has 0 amide bonds. The zero-order chi connectivity index (χ0) is 5.58. The van der Waals surface area contributed by atoms with Crippen LogP contribution in [0.15, 0.2) is 0 Å². The van der Waals surface area contributed by atoms with E-state index in [2.05, 4.69) is 0 Å². The average molecular weight is 148 g/mol. The van der Waals surface area contributed by atoms with Gasteiger partial charge in [-0.2, -0.15) is 0 Å². The maximum atomic E-state index is 9.00. The number of aliphatic hydroxyl groups is 1. The maximum Gasteiger partial charge on any atom is 0.300 e. The molecule has 0 aromatic rings. The molecule has 0 heterocycles. The third-order valence-corrected chi connectivity index (χ3v) is 0. The summed E-state index contributed by atoms with van der Waals surface area (Å²) in [7, 11) is 1.00. The third kappa shape index (κ3) is 36400. The first kappa shape index (κ1) is 15.8. The fourth-order valence-electron chi connectivity index (χ4n) is 0. The molecule has 46 valence electrons. The Kier molecular flexibility index (Phi) is 37.7. The molecule has 0 spiro atoms. The summed E-state index contributed by atoms with van der Waals surface area (Å²) in [6, 6.07) is 0. The predicted octanol–water partition coefficient (Wildman–Crippen LogP) is -0.303. The Hall–Kier alpha value is -0.0505. The van der Waals surface area contributed by atoms with Crippen molar-refractivity contribution in [3.63, 3.8) is 0 Å². The Morgan fingerprint density at radius 3 is 1.43 bits per heavy atom. The van der Waals surface area contributed by atoms with Gasteiger partial charge >= 0.3 is 0 Å². The average Bonchev–Trinajstić information content (AvgIpc) is 1.41. The molecule has 0 saturated heterocycles. The van der Waals surface area contributed by atoms with Crippen molar-refractivity contribution in [2.45, 2.75) is 6.92 Å². The Bertz CT molecular complexity index is 33.2. The van der Waals surface area contributed by atoms with Gasteiger partial charge in [-0.3, -0.25) is 4.79 Å². The fourth-order valence-corrected chi connectivity index (χ4v) is 0. The summed E-state index contributed by atoms with van der Waals surface area (Å²) in [5.41, 5.74) is 0. The minimum Gasteiger partial charge on any atom is -0.481 e. The summed E-state index contributed by atoms with van der Waals surface area (Å²) in [6.07, 6.45) is 0. The summed E-state index contributed by atoms with van der Waals surface area (Å²) < 4.78 is 0. The van der Waals surface area contributed by atoms with Crippen LogP contribution in [0.1, 0.15) is 6.92 Å². The SMILES string of the molecule is CC(=O)O.CO.[Fe]. The van der Waals surface area contributed by atoms with Gasteiger partial charge in [-0.05, 0) is 0 Å². The van der Waals surface area contributed by atoms with Crippen molar-refractivity contribution in [1.82, 2.24) is 0 Å². The fraction of sp³-hybridized carbons (Fsp3) is 0.667. The van der Waals surface area contributed by atoms with E-state index in [-0.39, 0.29) is 17.1 Å². The van der Waals surface area contributed by atoms with Crippen molar-refractivity contribution in [2.75, 3.05) is 7.11 Å². The van der Waals surface area contributed by atoms with Crippen LogP contribution < -0.4 is 0 Å². The number of hydrogen-bond acceptors (Lipinski definition) is 2. The summed E-state index contributed by atoms with van der Waals surface area (Å²) >= 11 is 0. The molecular formula is C3H8FeO3. The summed E-state index contributed by atoms with van der Waals surface area (Å²) in [5, 5.41) is 14.4. The number of carboxylic acids is 1. The topological polar surface area (TPSA) is 57.5 Å². The molecule has 3 nitrogen and oxygen atoms in total.